The number of rotatable bonds is 4. The molecule has 0 N–H and O–H groups in total. The Kier molecular flexibility index (Phi) is 6.14. The van der Waals surface area contributed by atoms with Gasteiger partial charge in [-0.15, -0.1) is 11.3 Å². The number of piperidine rings is 1. The Balaban J connectivity index is 1.49. The van der Waals surface area contributed by atoms with Crippen LogP contribution in [0.4, 0.5) is 0 Å². The van der Waals surface area contributed by atoms with E-state index in [1.165, 1.54) is 10.4 Å². The number of nitrogens with zero attached hydrogens (tertiary/aromatic N) is 3. The summed E-state index contributed by atoms with van der Waals surface area (Å²) in [5, 5.41) is 2.15. The molecule has 0 saturated carbocycles. The number of carbonyl (C=O) groups is 1. The van der Waals surface area contributed by atoms with E-state index in [-0.39, 0.29) is 5.41 Å². The van der Waals surface area contributed by atoms with E-state index < -0.39 is 0 Å². The van der Waals surface area contributed by atoms with Crippen molar-refractivity contribution in [2.75, 3.05) is 46.3 Å². The van der Waals surface area contributed by atoms with Gasteiger partial charge in [-0.05, 0) is 56.4 Å². The van der Waals surface area contributed by atoms with Gasteiger partial charge in [-0.1, -0.05) is 36.4 Å². The molecule has 1 aromatic heterocycles. The molecule has 0 spiro atoms. The Morgan fingerprint density at radius 1 is 0.964 bits per heavy atom. The smallest absolute Gasteiger partial charge is 0.233 e. The Hall–Kier alpha value is -1.69. The fourth-order valence-electron chi connectivity index (χ4n) is 4.64. The molecule has 5 heteroatoms. The van der Waals surface area contributed by atoms with Crippen molar-refractivity contribution in [3.8, 4) is 0 Å². The molecule has 0 aliphatic carbocycles. The lowest BCUT2D eigenvalue weighted by Crippen LogP contribution is -2.53. The van der Waals surface area contributed by atoms with Gasteiger partial charge in [0.2, 0.25) is 5.91 Å². The maximum absolute atomic E-state index is 13.8. The number of carbonyl (C=O) groups excluding carboxylic acids is 1. The molecule has 1 amide bonds. The van der Waals surface area contributed by atoms with Crippen LogP contribution in [0, 0.1) is 0 Å². The summed E-state index contributed by atoms with van der Waals surface area (Å²) >= 11 is 1.82. The van der Waals surface area contributed by atoms with E-state index in [1.54, 1.807) is 0 Å². The van der Waals surface area contributed by atoms with Crippen LogP contribution >= 0.6 is 11.3 Å². The SMILES string of the molecule is CN1CCC(C(=O)N2CCCN(Cc3cccs3)CC2)(c2ccccc2)CC1. The van der Waals surface area contributed by atoms with E-state index >= 15 is 0 Å². The average Bonchev–Trinajstić information content (AvgIpc) is 3.13. The average molecular weight is 398 g/mol. The summed E-state index contributed by atoms with van der Waals surface area (Å²) < 4.78 is 0. The van der Waals surface area contributed by atoms with Gasteiger partial charge in [0.1, 0.15) is 0 Å². The molecule has 0 radical (unpaired) electrons. The summed E-state index contributed by atoms with van der Waals surface area (Å²) in [4.78, 5) is 22.3. The van der Waals surface area contributed by atoms with Crippen LogP contribution in [0.1, 0.15) is 29.7 Å². The highest BCUT2D eigenvalue weighted by Gasteiger charge is 2.44. The van der Waals surface area contributed by atoms with Crippen LogP contribution in [0.5, 0.6) is 0 Å². The molecule has 2 aliphatic rings. The van der Waals surface area contributed by atoms with Crippen molar-refractivity contribution in [2.24, 2.45) is 0 Å². The molecule has 4 nitrogen and oxygen atoms in total. The van der Waals surface area contributed by atoms with E-state index in [9.17, 15) is 4.79 Å². The van der Waals surface area contributed by atoms with Crippen molar-refractivity contribution >= 4 is 17.2 Å². The summed E-state index contributed by atoms with van der Waals surface area (Å²) in [5.74, 6) is 0.352. The van der Waals surface area contributed by atoms with Crippen molar-refractivity contribution in [2.45, 2.75) is 31.2 Å². The predicted molar refractivity (Wildman–Crippen MR) is 116 cm³/mol. The highest BCUT2D eigenvalue weighted by molar-refractivity contribution is 7.09. The van der Waals surface area contributed by atoms with Crippen LogP contribution in [0.3, 0.4) is 0 Å². The molecule has 0 bridgehead atoms. The maximum Gasteiger partial charge on any atom is 0.233 e. The van der Waals surface area contributed by atoms with Crippen LogP contribution < -0.4 is 0 Å². The fraction of sp³-hybridized carbons (Fsp3) is 0.522. The number of thiophene rings is 1. The topological polar surface area (TPSA) is 26.8 Å². The molecule has 2 aliphatic heterocycles. The Bertz CT molecular complexity index is 753. The summed E-state index contributed by atoms with van der Waals surface area (Å²) in [5.41, 5.74) is 0.851. The number of likely N-dealkylation sites (tertiary alicyclic amines) is 1. The molecular weight excluding hydrogens is 366 g/mol. The number of benzene rings is 1. The molecular formula is C23H31N3OS. The van der Waals surface area contributed by atoms with Gasteiger partial charge in [-0.3, -0.25) is 9.69 Å². The normalized spacial score (nSPS) is 21.4. The second-order valence-corrected chi connectivity index (χ2v) is 9.28. The monoisotopic (exact) mass is 397 g/mol. The van der Waals surface area contributed by atoms with Gasteiger partial charge >= 0.3 is 0 Å². The minimum atomic E-state index is -0.351. The largest absolute Gasteiger partial charge is 0.341 e. The van der Waals surface area contributed by atoms with E-state index in [2.05, 4.69) is 63.5 Å². The first-order chi connectivity index (χ1) is 13.7. The minimum Gasteiger partial charge on any atom is -0.341 e. The van der Waals surface area contributed by atoms with Crippen LogP contribution in [0.15, 0.2) is 47.8 Å². The molecule has 0 unspecified atom stereocenters. The lowest BCUT2D eigenvalue weighted by Gasteiger charge is -2.42. The summed E-state index contributed by atoms with van der Waals surface area (Å²) in [6.07, 6.45) is 2.89. The third kappa shape index (κ3) is 4.17. The zero-order valence-electron chi connectivity index (χ0n) is 16.8. The summed E-state index contributed by atoms with van der Waals surface area (Å²) in [6.45, 7) is 6.74. The Labute approximate surface area is 172 Å². The highest BCUT2D eigenvalue weighted by Crippen LogP contribution is 2.37. The van der Waals surface area contributed by atoms with Crippen molar-refractivity contribution < 1.29 is 4.79 Å². The molecule has 2 fully saturated rings. The van der Waals surface area contributed by atoms with Crippen molar-refractivity contribution in [1.82, 2.24) is 14.7 Å². The van der Waals surface area contributed by atoms with Crippen LogP contribution in [0.2, 0.25) is 0 Å². The van der Waals surface area contributed by atoms with E-state index in [4.69, 9.17) is 0 Å². The molecule has 1 aromatic carbocycles. The van der Waals surface area contributed by atoms with Gasteiger partial charge in [0.05, 0.1) is 5.41 Å². The first-order valence-corrected chi connectivity index (χ1v) is 11.3. The summed E-state index contributed by atoms with van der Waals surface area (Å²) in [6, 6.07) is 14.8. The fourth-order valence-corrected chi connectivity index (χ4v) is 5.39. The van der Waals surface area contributed by atoms with Gasteiger partial charge in [-0.25, -0.2) is 0 Å². The van der Waals surface area contributed by atoms with Crippen molar-refractivity contribution in [3.05, 3.63) is 58.3 Å². The molecule has 0 atom stereocenters. The second-order valence-electron chi connectivity index (χ2n) is 8.25. The molecule has 2 aromatic rings. The minimum absolute atomic E-state index is 0.351. The van der Waals surface area contributed by atoms with Gasteiger partial charge in [0.25, 0.3) is 0 Å². The number of hydrogen-bond donors (Lipinski definition) is 0. The van der Waals surface area contributed by atoms with Crippen LogP contribution in [0.25, 0.3) is 0 Å². The molecule has 4 rings (SSSR count). The summed E-state index contributed by atoms with van der Waals surface area (Å²) in [7, 11) is 2.16. The molecule has 2 saturated heterocycles. The zero-order valence-corrected chi connectivity index (χ0v) is 17.7. The van der Waals surface area contributed by atoms with E-state index in [0.29, 0.717) is 5.91 Å². The number of amides is 1. The van der Waals surface area contributed by atoms with Crippen LogP contribution in [-0.4, -0.2) is 66.9 Å². The van der Waals surface area contributed by atoms with Crippen molar-refractivity contribution in [3.63, 3.8) is 0 Å². The Morgan fingerprint density at radius 2 is 1.75 bits per heavy atom. The second kappa shape index (κ2) is 8.76. The predicted octanol–water partition coefficient (Wildman–Crippen LogP) is 3.45. The van der Waals surface area contributed by atoms with Gasteiger partial charge < -0.3 is 9.80 Å². The molecule has 150 valence electrons. The third-order valence-electron chi connectivity index (χ3n) is 6.41. The lowest BCUT2D eigenvalue weighted by molar-refractivity contribution is -0.139. The molecule has 28 heavy (non-hydrogen) atoms. The first kappa shape index (κ1) is 19.6. The van der Waals surface area contributed by atoms with E-state index in [1.807, 2.05) is 17.4 Å². The van der Waals surface area contributed by atoms with Crippen molar-refractivity contribution in [1.29, 1.82) is 0 Å². The lowest BCUT2D eigenvalue weighted by atomic mass is 9.71. The number of hydrogen-bond acceptors (Lipinski definition) is 4. The van der Waals surface area contributed by atoms with E-state index in [0.717, 1.165) is 65.1 Å². The maximum atomic E-state index is 13.8. The zero-order chi connectivity index (χ0) is 19.4. The van der Waals surface area contributed by atoms with Gasteiger partial charge in [0.15, 0.2) is 0 Å². The van der Waals surface area contributed by atoms with Crippen LogP contribution in [-0.2, 0) is 16.8 Å². The third-order valence-corrected chi connectivity index (χ3v) is 7.27. The standard InChI is InChI=1S/C23H31N3OS/c1-24-14-10-23(11-15-24,20-7-3-2-4-8-20)22(27)26-13-6-12-25(16-17-26)19-21-9-5-18-28-21/h2-5,7-9,18H,6,10-17,19H2,1H3. The quantitative estimate of drug-likeness (QED) is 0.791. The molecule has 3 heterocycles. The van der Waals surface area contributed by atoms with Gasteiger partial charge in [-0.2, -0.15) is 0 Å². The Morgan fingerprint density at radius 3 is 2.46 bits per heavy atom. The van der Waals surface area contributed by atoms with Gasteiger partial charge in [0, 0.05) is 37.6 Å². The first-order valence-electron chi connectivity index (χ1n) is 10.5. The highest BCUT2D eigenvalue weighted by atomic mass is 32.1.